The smallest absolute Gasteiger partial charge is 0.410 e. The van der Waals surface area contributed by atoms with Crippen LogP contribution in [-0.2, 0) is 16.6 Å². The lowest BCUT2D eigenvalue weighted by atomic mass is 9.36. The topological polar surface area (TPSA) is 38.8 Å². The maximum atomic E-state index is 13.3. The van der Waals surface area contributed by atoms with Crippen LogP contribution in [0.5, 0.6) is 5.75 Å². The van der Waals surface area contributed by atoms with Gasteiger partial charge in [0.05, 0.1) is 5.40 Å². The molecule has 1 aromatic rings. The summed E-state index contributed by atoms with van der Waals surface area (Å²) in [6.07, 6.45) is 1.33. The normalized spacial score (nSPS) is 29.1. The molecule has 1 amide bonds. The van der Waals surface area contributed by atoms with Gasteiger partial charge in [0.2, 0.25) is 0 Å². The van der Waals surface area contributed by atoms with E-state index in [1.54, 1.807) is 6.07 Å². The van der Waals surface area contributed by atoms with Gasteiger partial charge in [0.25, 0.3) is 6.43 Å². The van der Waals surface area contributed by atoms with E-state index in [1.165, 1.54) is 33.2 Å². The monoisotopic (exact) mass is 431 g/mol. The molecule has 0 saturated heterocycles. The molecule has 1 aromatic carbocycles. The van der Waals surface area contributed by atoms with Crippen molar-refractivity contribution in [2.75, 3.05) is 6.54 Å². The number of benzene rings is 1. The van der Waals surface area contributed by atoms with E-state index in [0.29, 0.717) is 24.1 Å². The maximum Gasteiger partial charge on any atom is 0.410 e. The molecule has 3 aliphatic rings. The van der Waals surface area contributed by atoms with Crippen molar-refractivity contribution in [3.63, 3.8) is 0 Å². The first kappa shape index (κ1) is 22.5. The first-order valence-electron chi connectivity index (χ1n) is 11.5. The Bertz CT molecular complexity index is 873. The van der Waals surface area contributed by atoms with E-state index in [9.17, 15) is 13.6 Å². The summed E-state index contributed by atoms with van der Waals surface area (Å²) in [5.74, 6) is 1.49. The van der Waals surface area contributed by atoms with Crippen LogP contribution < -0.4 is 4.74 Å². The van der Waals surface area contributed by atoms with Crippen LogP contribution in [0.25, 0.3) is 0 Å². The van der Waals surface area contributed by atoms with Crippen LogP contribution in [0.3, 0.4) is 0 Å². The second kappa shape index (κ2) is 7.41. The largest absolute Gasteiger partial charge is 0.500 e. The number of hydrogen-bond donors (Lipinski definition) is 0. The molecule has 0 heterocycles. The van der Waals surface area contributed by atoms with Gasteiger partial charge in [-0.25, -0.2) is 13.6 Å². The van der Waals surface area contributed by atoms with E-state index < -0.39 is 17.4 Å². The van der Waals surface area contributed by atoms with Gasteiger partial charge < -0.3 is 14.4 Å². The van der Waals surface area contributed by atoms with Crippen molar-refractivity contribution in [1.29, 1.82) is 0 Å². The molecule has 2 saturated carbocycles. The number of nitrogens with zero attached hydrogens (tertiary/aromatic N) is 1. The molecular weight excluding hydrogens is 398 g/mol. The summed E-state index contributed by atoms with van der Waals surface area (Å²) in [5, 5.41) is -1.53. The first-order valence-corrected chi connectivity index (χ1v) is 11.5. The Morgan fingerprint density at radius 3 is 2.55 bits per heavy atom. The minimum Gasteiger partial charge on any atom is -0.500 e. The number of hydrogen-bond acceptors (Lipinski definition) is 3. The average Bonchev–Trinajstić information content (AvgIpc) is 2.63. The number of carbonyl (C=O) groups excluding carboxylic acids is 1. The summed E-state index contributed by atoms with van der Waals surface area (Å²) in [5.41, 5.74) is 1.97. The van der Waals surface area contributed by atoms with E-state index in [2.05, 4.69) is 0 Å². The number of ether oxygens (including phenoxy) is 2. The second-order valence-corrected chi connectivity index (χ2v) is 11.0. The lowest BCUT2D eigenvalue weighted by molar-refractivity contribution is -0.116. The second-order valence-electron chi connectivity index (χ2n) is 11.0. The summed E-state index contributed by atoms with van der Waals surface area (Å²) >= 11 is 0. The third-order valence-corrected chi connectivity index (χ3v) is 7.59. The van der Waals surface area contributed by atoms with Crippen molar-refractivity contribution in [2.24, 2.45) is 11.8 Å². The zero-order chi connectivity index (χ0) is 22.8. The molecule has 0 N–H and O–H groups in total. The summed E-state index contributed by atoms with van der Waals surface area (Å²) in [7, 11) is 2.84. The van der Waals surface area contributed by atoms with Gasteiger partial charge in [0, 0.05) is 18.0 Å². The molecule has 4 atom stereocenters. The molecule has 4 rings (SSSR count). The molecule has 0 aromatic heterocycles. The van der Waals surface area contributed by atoms with E-state index >= 15 is 0 Å². The van der Waals surface area contributed by atoms with Gasteiger partial charge in [-0.3, -0.25) is 0 Å². The highest BCUT2D eigenvalue weighted by Gasteiger charge is 2.66. The number of likely N-dealkylation sites (N-methyl/N-ethyl adjacent to an activating group) is 1. The number of fused-ring (bicyclic) bond motifs is 1. The fourth-order valence-electron chi connectivity index (χ4n) is 5.98. The van der Waals surface area contributed by atoms with Gasteiger partial charge in [-0.2, -0.15) is 0 Å². The number of halogens is 2. The Kier molecular flexibility index (Phi) is 5.37. The van der Waals surface area contributed by atoms with Crippen LogP contribution in [0.2, 0.25) is 0 Å². The lowest BCUT2D eigenvalue weighted by Crippen LogP contribution is -2.69. The number of alkyl halides is 2. The van der Waals surface area contributed by atoms with E-state index in [-0.39, 0.29) is 17.6 Å². The van der Waals surface area contributed by atoms with Crippen LogP contribution in [0.15, 0.2) is 18.2 Å². The average molecular weight is 431 g/mol. The molecule has 2 fully saturated rings. The standard InChI is InChI=1S/C23H33B2F2NO3/c1-5-28(20(29)31-21(2,3)4)18-10-13-6-7-15(30-23(24,25)19(26)27)12-16(13)22-9-8-14(22)11-17(18)22/h6-7,12,14,17-19H,5,8-11,24-25H2,1-4H3/t14?,17-,18+,22-/m1/s1. The Morgan fingerprint density at radius 2 is 2.03 bits per heavy atom. The van der Waals surface area contributed by atoms with Gasteiger partial charge in [0.15, 0.2) is 15.7 Å². The number of amides is 1. The molecule has 4 nitrogen and oxygen atoms in total. The molecule has 31 heavy (non-hydrogen) atoms. The molecule has 0 radical (unpaired) electrons. The van der Waals surface area contributed by atoms with Gasteiger partial charge in [-0.05, 0) is 88.5 Å². The van der Waals surface area contributed by atoms with Crippen molar-refractivity contribution < 1.29 is 23.0 Å². The van der Waals surface area contributed by atoms with Gasteiger partial charge >= 0.3 is 6.09 Å². The van der Waals surface area contributed by atoms with Gasteiger partial charge in [0.1, 0.15) is 11.4 Å². The Balaban J connectivity index is 1.65. The van der Waals surface area contributed by atoms with Crippen molar-refractivity contribution in [3.05, 3.63) is 29.3 Å². The van der Waals surface area contributed by atoms with E-state index in [4.69, 9.17) is 9.47 Å². The van der Waals surface area contributed by atoms with Crippen molar-refractivity contribution in [1.82, 2.24) is 4.90 Å². The highest BCUT2D eigenvalue weighted by atomic mass is 19.3. The molecule has 0 aliphatic heterocycles. The number of rotatable bonds is 5. The zero-order valence-electron chi connectivity index (χ0n) is 19.5. The minimum atomic E-state index is -2.56. The van der Waals surface area contributed by atoms with Crippen LogP contribution in [0, 0.1) is 11.8 Å². The van der Waals surface area contributed by atoms with Crippen molar-refractivity contribution in [2.45, 2.75) is 82.3 Å². The van der Waals surface area contributed by atoms with Crippen LogP contribution in [-0.4, -0.2) is 56.7 Å². The summed E-state index contributed by atoms with van der Waals surface area (Å²) in [6.45, 7) is 8.29. The van der Waals surface area contributed by atoms with E-state index in [1.807, 2.05) is 44.7 Å². The van der Waals surface area contributed by atoms with Crippen LogP contribution in [0.4, 0.5) is 13.6 Å². The molecule has 8 heteroatoms. The highest BCUT2D eigenvalue weighted by molar-refractivity contribution is 6.39. The highest BCUT2D eigenvalue weighted by Crippen LogP contribution is 2.69. The molecule has 1 unspecified atom stereocenters. The molecular formula is C23H33B2F2NO3. The minimum absolute atomic E-state index is 0.0437. The van der Waals surface area contributed by atoms with Crippen LogP contribution in [0.1, 0.15) is 58.1 Å². The van der Waals surface area contributed by atoms with Crippen molar-refractivity contribution >= 4 is 21.8 Å². The van der Waals surface area contributed by atoms with Gasteiger partial charge in [-0.15, -0.1) is 0 Å². The summed E-state index contributed by atoms with van der Waals surface area (Å²) in [4.78, 5) is 14.9. The quantitative estimate of drug-likeness (QED) is 0.673. The third-order valence-electron chi connectivity index (χ3n) is 7.59. The first-order chi connectivity index (χ1) is 14.4. The molecule has 3 aliphatic carbocycles. The zero-order valence-corrected chi connectivity index (χ0v) is 19.5. The molecule has 1 spiro atoms. The predicted molar refractivity (Wildman–Crippen MR) is 122 cm³/mol. The molecule has 0 bridgehead atoms. The van der Waals surface area contributed by atoms with E-state index in [0.717, 1.165) is 19.3 Å². The van der Waals surface area contributed by atoms with Gasteiger partial charge in [-0.1, -0.05) is 6.07 Å². The third kappa shape index (κ3) is 3.64. The fraction of sp³-hybridized carbons (Fsp3) is 0.696. The Morgan fingerprint density at radius 1 is 1.32 bits per heavy atom. The van der Waals surface area contributed by atoms with Crippen LogP contribution >= 0.6 is 0 Å². The molecule has 168 valence electrons. The predicted octanol–water partition coefficient (Wildman–Crippen LogP) is 3.10. The maximum absolute atomic E-state index is 13.3. The SMILES string of the molecule is BC(B)(Oc1ccc2c(c1)[C@@]13CCC1C[C@@H]3[C@@H](N(CC)C(=O)OC(C)(C)C)C2)C(F)F. The number of carbonyl (C=O) groups is 1. The lowest BCUT2D eigenvalue weighted by Gasteiger charge is -2.69. The summed E-state index contributed by atoms with van der Waals surface area (Å²) < 4.78 is 38.1. The van der Waals surface area contributed by atoms with Crippen molar-refractivity contribution in [3.8, 4) is 5.75 Å². The fourth-order valence-corrected chi connectivity index (χ4v) is 5.98. The Hall–Kier alpha value is -1.72. The summed E-state index contributed by atoms with van der Waals surface area (Å²) in [6, 6.07) is 5.92. The Labute approximate surface area is 185 Å².